The quantitative estimate of drug-likeness (QED) is 0.263. The van der Waals surface area contributed by atoms with Crippen molar-refractivity contribution in [1.29, 1.82) is 0 Å². The van der Waals surface area contributed by atoms with E-state index in [0.717, 1.165) is 51.4 Å². The molecule has 0 saturated heterocycles. The van der Waals surface area contributed by atoms with Gasteiger partial charge in [-0.25, -0.2) is 4.98 Å². The van der Waals surface area contributed by atoms with Gasteiger partial charge >= 0.3 is 0 Å². The molecule has 0 aliphatic carbocycles. The number of nitrogens with one attached hydrogen (secondary N) is 3. The zero-order valence-corrected chi connectivity index (χ0v) is 22.7. The molecule has 1 unspecified atom stereocenters. The summed E-state index contributed by atoms with van der Waals surface area (Å²) in [4.78, 5) is 42.4. The van der Waals surface area contributed by atoms with Gasteiger partial charge in [-0.15, -0.1) is 0 Å². The lowest BCUT2D eigenvalue weighted by molar-refractivity contribution is -0.123. The maximum atomic E-state index is 14.0. The van der Waals surface area contributed by atoms with E-state index in [1.165, 1.54) is 5.56 Å². The Kier molecular flexibility index (Phi) is 7.77. The van der Waals surface area contributed by atoms with Crippen molar-refractivity contribution in [2.75, 3.05) is 16.4 Å². The molecule has 8 heteroatoms. The molecule has 6 rings (SSSR count). The van der Waals surface area contributed by atoms with Crippen LogP contribution in [0.5, 0.6) is 0 Å². The third-order valence-electron chi connectivity index (χ3n) is 7.47. The van der Waals surface area contributed by atoms with Crippen molar-refractivity contribution in [2.24, 2.45) is 0 Å². The van der Waals surface area contributed by atoms with E-state index in [9.17, 15) is 14.4 Å². The highest BCUT2D eigenvalue weighted by Crippen LogP contribution is 2.30. The lowest BCUT2D eigenvalue weighted by Crippen LogP contribution is -2.36. The SMILES string of the molecule is Cc1cc2cc(C)c1CCCC(=O)Nc1cccc(c1)C(CC=O)NC(=O)[C@@H]2Nc1ccc2c(N)nccc2c1. The van der Waals surface area contributed by atoms with Crippen LogP contribution < -0.4 is 21.7 Å². The maximum absolute atomic E-state index is 14.0. The number of nitrogens with two attached hydrogens (primary N) is 1. The van der Waals surface area contributed by atoms with Crippen LogP contribution in [0.1, 0.15) is 59.2 Å². The molecular weight excluding hydrogens is 502 g/mol. The number of aryl methyl sites for hydroxylation is 2. The molecule has 3 aromatic carbocycles. The zero-order valence-electron chi connectivity index (χ0n) is 22.7. The third-order valence-corrected chi connectivity index (χ3v) is 7.47. The second kappa shape index (κ2) is 11.6. The highest BCUT2D eigenvalue weighted by Gasteiger charge is 2.26. The van der Waals surface area contributed by atoms with Crippen LogP contribution >= 0.6 is 0 Å². The van der Waals surface area contributed by atoms with Gasteiger partial charge in [0.15, 0.2) is 0 Å². The molecule has 1 aromatic heterocycles. The molecule has 8 nitrogen and oxygen atoms in total. The molecule has 2 aliphatic heterocycles. The van der Waals surface area contributed by atoms with Gasteiger partial charge in [0, 0.05) is 35.8 Å². The lowest BCUT2D eigenvalue weighted by atomic mass is 9.92. The first kappa shape index (κ1) is 26.9. The topological polar surface area (TPSA) is 126 Å². The molecule has 2 atom stereocenters. The summed E-state index contributed by atoms with van der Waals surface area (Å²) in [7, 11) is 0. The number of rotatable bonds is 4. The molecule has 0 saturated carbocycles. The Hall–Kier alpha value is -4.72. The van der Waals surface area contributed by atoms with Gasteiger partial charge in [-0.1, -0.05) is 24.3 Å². The molecular formula is C32H33N5O3. The van der Waals surface area contributed by atoms with Crippen LogP contribution in [0.15, 0.2) is 66.9 Å². The Bertz CT molecular complexity index is 1580. The molecule has 0 spiro atoms. The number of amides is 2. The maximum Gasteiger partial charge on any atom is 0.247 e. The van der Waals surface area contributed by atoms with E-state index in [2.05, 4.69) is 20.9 Å². The van der Waals surface area contributed by atoms with Crippen LogP contribution in [0.25, 0.3) is 10.8 Å². The van der Waals surface area contributed by atoms with Gasteiger partial charge in [0.05, 0.1) is 6.04 Å². The fourth-order valence-corrected chi connectivity index (χ4v) is 5.46. The first-order chi connectivity index (χ1) is 19.3. The molecule has 0 fully saturated rings. The van der Waals surface area contributed by atoms with Crippen molar-refractivity contribution >= 4 is 46.1 Å². The van der Waals surface area contributed by atoms with Gasteiger partial charge in [-0.2, -0.15) is 0 Å². The predicted molar refractivity (Wildman–Crippen MR) is 158 cm³/mol. The molecule has 2 amide bonds. The lowest BCUT2D eigenvalue weighted by Gasteiger charge is -2.26. The number of hydrogen-bond acceptors (Lipinski definition) is 6. The monoisotopic (exact) mass is 535 g/mol. The van der Waals surface area contributed by atoms with Crippen molar-refractivity contribution in [3.63, 3.8) is 0 Å². The second-order valence-electron chi connectivity index (χ2n) is 10.3. The minimum atomic E-state index is -0.729. The highest BCUT2D eigenvalue weighted by atomic mass is 16.2. The van der Waals surface area contributed by atoms with Crippen LogP contribution in [0.4, 0.5) is 17.2 Å². The summed E-state index contributed by atoms with van der Waals surface area (Å²) in [6, 6.07) is 17.7. The number of benzene rings is 3. The molecule has 2 aliphatic rings. The van der Waals surface area contributed by atoms with Crippen molar-refractivity contribution < 1.29 is 14.4 Å². The summed E-state index contributed by atoms with van der Waals surface area (Å²) in [5.74, 6) is 0.113. The van der Waals surface area contributed by atoms with Crippen LogP contribution in [-0.4, -0.2) is 23.1 Å². The number of fused-ring (bicyclic) bond motifs is 10. The largest absolute Gasteiger partial charge is 0.383 e. The average Bonchev–Trinajstić information content (AvgIpc) is 2.92. The van der Waals surface area contributed by atoms with E-state index in [0.29, 0.717) is 24.3 Å². The van der Waals surface area contributed by atoms with Crippen LogP contribution in [0.2, 0.25) is 0 Å². The molecule has 204 valence electrons. The minimum absolute atomic E-state index is 0.0654. The number of carbonyl (C=O) groups is 3. The Morgan fingerprint density at radius 3 is 2.58 bits per heavy atom. The summed E-state index contributed by atoms with van der Waals surface area (Å²) in [6.07, 6.45) is 4.41. The van der Waals surface area contributed by atoms with E-state index < -0.39 is 12.1 Å². The van der Waals surface area contributed by atoms with Crippen LogP contribution in [0, 0.1) is 13.8 Å². The molecule has 4 bridgehead atoms. The number of aromatic nitrogens is 1. The number of hydrogen-bond donors (Lipinski definition) is 4. The van der Waals surface area contributed by atoms with E-state index in [1.54, 1.807) is 6.20 Å². The van der Waals surface area contributed by atoms with Crippen LogP contribution in [0.3, 0.4) is 0 Å². The van der Waals surface area contributed by atoms with Crippen LogP contribution in [-0.2, 0) is 20.8 Å². The van der Waals surface area contributed by atoms with E-state index in [-0.39, 0.29) is 18.2 Å². The summed E-state index contributed by atoms with van der Waals surface area (Å²) in [5, 5.41) is 11.2. The highest BCUT2D eigenvalue weighted by molar-refractivity contribution is 5.94. The van der Waals surface area contributed by atoms with E-state index >= 15 is 0 Å². The molecule has 4 aromatic rings. The Morgan fingerprint density at radius 2 is 1.80 bits per heavy atom. The number of nitrogen functional groups attached to an aromatic ring is 1. The van der Waals surface area contributed by atoms with Gasteiger partial charge in [-0.3, -0.25) is 9.59 Å². The van der Waals surface area contributed by atoms with Gasteiger partial charge < -0.3 is 26.5 Å². The zero-order chi connectivity index (χ0) is 28.2. The number of aldehydes is 1. The number of pyridine rings is 1. The molecule has 40 heavy (non-hydrogen) atoms. The summed E-state index contributed by atoms with van der Waals surface area (Å²) in [6.45, 7) is 4.08. The van der Waals surface area contributed by atoms with E-state index in [1.807, 2.05) is 74.5 Å². The standard InChI is InChI=1S/C32H33N5O3/c1-19-15-23-16-20(2)26(19)7-4-8-29(39)35-24-6-3-5-22(18-24)28(12-14-38)37-32(40)30(23)36-25-9-10-27-21(17-25)11-13-34-31(27)33/h3,5-6,9-11,13-18,28,30,36H,4,7-8,12H2,1-2H3,(H2,33,34)(H,35,39)(H,37,40)/t28?,30-/m1/s1. The smallest absolute Gasteiger partial charge is 0.247 e. The number of nitrogens with zero attached hydrogens (tertiary/aromatic N) is 1. The van der Waals surface area contributed by atoms with Gasteiger partial charge in [-0.05, 0) is 96.3 Å². The fourth-order valence-electron chi connectivity index (χ4n) is 5.46. The predicted octanol–water partition coefficient (Wildman–Crippen LogP) is 5.31. The Morgan fingerprint density at radius 1 is 1.00 bits per heavy atom. The first-order valence-electron chi connectivity index (χ1n) is 13.5. The fraction of sp³-hybridized carbons (Fsp3) is 0.250. The number of anilines is 3. The molecule has 3 heterocycles. The minimum Gasteiger partial charge on any atom is -0.383 e. The number of carbonyl (C=O) groups excluding carboxylic acids is 3. The Labute approximate surface area is 233 Å². The van der Waals surface area contributed by atoms with Gasteiger partial charge in [0.25, 0.3) is 0 Å². The average molecular weight is 536 g/mol. The summed E-state index contributed by atoms with van der Waals surface area (Å²) >= 11 is 0. The Balaban J connectivity index is 1.58. The third kappa shape index (κ3) is 5.81. The van der Waals surface area contributed by atoms with Crippen molar-refractivity contribution in [2.45, 2.75) is 51.6 Å². The van der Waals surface area contributed by atoms with Crippen molar-refractivity contribution in [3.8, 4) is 0 Å². The van der Waals surface area contributed by atoms with Gasteiger partial charge in [0.2, 0.25) is 11.8 Å². The second-order valence-corrected chi connectivity index (χ2v) is 10.3. The van der Waals surface area contributed by atoms with E-state index in [4.69, 9.17) is 5.73 Å². The molecule has 5 N–H and O–H groups in total. The van der Waals surface area contributed by atoms with Crippen molar-refractivity contribution in [3.05, 3.63) is 94.7 Å². The normalized spacial score (nSPS) is 17.8. The molecule has 0 radical (unpaired) electrons. The van der Waals surface area contributed by atoms with Crippen molar-refractivity contribution in [1.82, 2.24) is 10.3 Å². The first-order valence-corrected chi connectivity index (χ1v) is 13.5. The summed E-state index contributed by atoms with van der Waals surface area (Å²) in [5.41, 5.74) is 12.3. The summed E-state index contributed by atoms with van der Waals surface area (Å²) < 4.78 is 0. The van der Waals surface area contributed by atoms with Gasteiger partial charge in [0.1, 0.15) is 18.1 Å².